The van der Waals surface area contributed by atoms with E-state index in [9.17, 15) is 0 Å². The Hall–Kier alpha value is -1.47. The van der Waals surface area contributed by atoms with E-state index in [4.69, 9.17) is 25.5 Å². The van der Waals surface area contributed by atoms with E-state index in [0.717, 1.165) is 11.1 Å². The molecule has 2 rings (SSSR count). The van der Waals surface area contributed by atoms with E-state index in [1.807, 2.05) is 11.2 Å². The minimum atomic E-state index is -1.70. The molecule has 0 bridgehead atoms. The number of rotatable bonds is 9. The molecule has 1 aliphatic heterocycles. The predicted molar refractivity (Wildman–Crippen MR) is 131 cm³/mol. The Labute approximate surface area is 194 Å². The number of hydrogen-bond donors (Lipinski definition) is 1. The van der Waals surface area contributed by atoms with Gasteiger partial charge in [0.15, 0.2) is 14.1 Å². The summed E-state index contributed by atoms with van der Waals surface area (Å²) in [7, 11) is -1.70. The van der Waals surface area contributed by atoms with E-state index in [-0.39, 0.29) is 10.6 Å². The van der Waals surface area contributed by atoms with Crippen molar-refractivity contribution >= 4 is 19.9 Å². The summed E-state index contributed by atoms with van der Waals surface area (Å²) in [5.41, 5.74) is 5.33. The van der Waals surface area contributed by atoms with E-state index in [2.05, 4.69) is 84.3 Å². The molecule has 0 spiro atoms. The Morgan fingerprint density at radius 2 is 1.52 bits per heavy atom. The van der Waals surface area contributed by atoms with Crippen LogP contribution < -0.4 is 5.43 Å². The molecule has 0 fully saturated rings. The van der Waals surface area contributed by atoms with Gasteiger partial charge in [-0.05, 0) is 50.0 Å². The van der Waals surface area contributed by atoms with Crippen LogP contribution in [0.1, 0.15) is 52.7 Å². The number of nitrogens with zero attached hydrogens (tertiary/aromatic N) is 1. The summed E-state index contributed by atoms with van der Waals surface area (Å²) < 4.78 is 17.8. The standard InChI is InChI=1S/C24H39ClN2O3Si/c1-23(2,3)27-16-21(25)22(15-26-27)29-18-20-11-9-19(10-12-20)17-28-13-14-30-31(7,8)24(4,5)6/h9-12,15-16,26H,13-14,17-18H2,1-8H3. The second kappa shape index (κ2) is 10.4. The van der Waals surface area contributed by atoms with Crippen LogP contribution in [-0.2, 0) is 27.1 Å². The Morgan fingerprint density at radius 3 is 2.03 bits per heavy atom. The van der Waals surface area contributed by atoms with Gasteiger partial charge in [-0.2, -0.15) is 0 Å². The van der Waals surface area contributed by atoms with E-state index >= 15 is 0 Å². The van der Waals surface area contributed by atoms with Crippen molar-refractivity contribution in [1.29, 1.82) is 0 Å². The van der Waals surface area contributed by atoms with Gasteiger partial charge in [0.2, 0.25) is 0 Å². The quantitative estimate of drug-likeness (QED) is 0.342. The smallest absolute Gasteiger partial charge is 0.192 e. The number of benzene rings is 1. The Kier molecular flexibility index (Phi) is 8.67. The van der Waals surface area contributed by atoms with E-state index < -0.39 is 8.32 Å². The summed E-state index contributed by atoms with van der Waals surface area (Å²) in [5, 5.41) is 2.76. The highest BCUT2D eigenvalue weighted by molar-refractivity contribution is 6.74. The average molecular weight is 467 g/mol. The second-order valence-electron chi connectivity index (χ2n) is 10.4. The highest BCUT2D eigenvalue weighted by Gasteiger charge is 2.36. The highest BCUT2D eigenvalue weighted by Crippen LogP contribution is 2.36. The number of ether oxygens (including phenoxy) is 2. The van der Waals surface area contributed by atoms with Gasteiger partial charge in [0.05, 0.1) is 31.6 Å². The zero-order valence-electron chi connectivity index (χ0n) is 20.3. The summed E-state index contributed by atoms with van der Waals surface area (Å²) >= 11 is 6.37. The van der Waals surface area contributed by atoms with Crippen LogP contribution in [0.2, 0.25) is 18.1 Å². The monoisotopic (exact) mass is 466 g/mol. The van der Waals surface area contributed by atoms with Gasteiger partial charge >= 0.3 is 0 Å². The van der Waals surface area contributed by atoms with E-state index in [1.54, 1.807) is 6.20 Å². The lowest BCUT2D eigenvalue weighted by molar-refractivity contribution is 0.0845. The van der Waals surface area contributed by atoms with Crippen molar-refractivity contribution in [2.24, 2.45) is 0 Å². The first-order valence-electron chi connectivity index (χ1n) is 10.9. The maximum atomic E-state index is 6.37. The first-order valence-corrected chi connectivity index (χ1v) is 14.1. The molecule has 0 atom stereocenters. The summed E-state index contributed by atoms with van der Waals surface area (Å²) in [5.74, 6) is 0.635. The van der Waals surface area contributed by atoms with E-state index in [1.165, 1.54) is 0 Å². The maximum Gasteiger partial charge on any atom is 0.192 e. The van der Waals surface area contributed by atoms with Gasteiger partial charge in [0, 0.05) is 6.20 Å². The number of allylic oxidation sites excluding steroid dienone is 1. The molecule has 1 aromatic rings. The molecule has 1 aromatic carbocycles. The molecule has 0 radical (unpaired) electrons. The molecule has 1 heterocycles. The molecule has 0 saturated heterocycles. The lowest BCUT2D eigenvalue weighted by Gasteiger charge is -2.36. The zero-order valence-corrected chi connectivity index (χ0v) is 22.1. The third-order valence-corrected chi connectivity index (χ3v) is 10.5. The summed E-state index contributed by atoms with van der Waals surface area (Å²) in [6.45, 7) is 19.9. The number of nitrogens with one attached hydrogen (secondary N) is 1. The zero-order chi connectivity index (χ0) is 23.3. The molecule has 7 heteroatoms. The molecule has 31 heavy (non-hydrogen) atoms. The Morgan fingerprint density at radius 1 is 0.935 bits per heavy atom. The van der Waals surface area contributed by atoms with Crippen LogP contribution in [0.25, 0.3) is 0 Å². The predicted octanol–water partition coefficient (Wildman–Crippen LogP) is 6.28. The third kappa shape index (κ3) is 7.86. The molecular weight excluding hydrogens is 428 g/mol. The SMILES string of the molecule is CC(C)(C)N1C=C(Cl)C(OCc2ccc(COCCO[Si](C)(C)C(C)(C)C)cc2)=CN1. The molecule has 1 aliphatic rings. The number of hydrazine groups is 1. The van der Waals surface area contributed by atoms with Gasteiger partial charge < -0.3 is 19.3 Å². The van der Waals surface area contributed by atoms with Gasteiger partial charge in [-0.3, -0.25) is 5.01 Å². The van der Waals surface area contributed by atoms with Crippen molar-refractivity contribution in [2.75, 3.05) is 13.2 Å². The minimum Gasteiger partial charge on any atom is -0.486 e. The fourth-order valence-electron chi connectivity index (χ4n) is 2.56. The normalized spacial score (nSPS) is 15.3. The molecular formula is C24H39ClN2O3Si. The van der Waals surface area contributed by atoms with Gasteiger partial charge in [0.1, 0.15) is 11.6 Å². The summed E-state index contributed by atoms with van der Waals surface area (Å²) in [6.07, 6.45) is 3.65. The van der Waals surface area contributed by atoms with Crippen LogP contribution in [0, 0.1) is 0 Å². The van der Waals surface area contributed by atoms with Gasteiger partial charge in [0.25, 0.3) is 0 Å². The molecule has 1 N–H and O–H groups in total. The van der Waals surface area contributed by atoms with Crippen molar-refractivity contribution in [3.63, 3.8) is 0 Å². The molecule has 174 valence electrons. The van der Waals surface area contributed by atoms with Crippen molar-refractivity contribution in [3.8, 4) is 0 Å². The first-order chi connectivity index (χ1) is 14.3. The second-order valence-corrected chi connectivity index (χ2v) is 15.6. The lowest BCUT2D eigenvalue weighted by Crippen LogP contribution is -2.46. The minimum absolute atomic E-state index is 0.0725. The fraction of sp³-hybridized carbons (Fsp3) is 0.583. The van der Waals surface area contributed by atoms with Crippen molar-refractivity contribution in [3.05, 3.63) is 58.6 Å². The topological polar surface area (TPSA) is 43.0 Å². The van der Waals surface area contributed by atoms with Crippen molar-refractivity contribution in [2.45, 2.75) is 78.4 Å². The molecule has 5 nitrogen and oxygen atoms in total. The molecule has 0 amide bonds. The van der Waals surface area contributed by atoms with Gasteiger partial charge in [-0.15, -0.1) is 0 Å². The molecule has 0 aliphatic carbocycles. The Bertz CT molecular complexity index is 777. The van der Waals surface area contributed by atoms with Crippen LogP contribution in [0.4, 0.5) is 0 Å². The van der Waals surface area contributed by atoms with Gasteiger partial charge in [-0.25, -0.2) is 0 Å². The third-order valence-electron chi connectivity index (χ3n) is 5.72. The van der Waals surface area contributed by atoms with Crippen LogP contribution in [0.15, 0.2) is 47.5 Å². The van der Waals surface area contributed by atoms with Crippen LogP contribution >= 0.6 is 11.6 Å². The maximum absolute atomic E-state index is 6.37. The summed E-state index contributed by atoms with van der Waals surface area (Å²) in [4.78, 5) is 0. The van der Waals surface area contributed by atoms with Crippen molar-refractivity contribution < 1.29 is 13.9 Å². The Balaban J connectivity index is 1.73. The molecule has 0 saturated carbocycles. The molecule has 0 unspecified atom stereocenters. The average Bonchev–Trinajstić information content (AvgIpc) is 2.66. The largest absolute Gasteiger partial charge is 0.486 e. The summed E-state index contributed by atoms with van der Waals surface area (Å²) in [6, 6.07) is 8.25. The van der Waals surface area contributed by atoms with Gasteiger partial charge in [-0.1, -0.05) is 56.6 Å². The van der Waals surface area contributed by atoms with Crippen LogP contribution in [0.3, 0.4) is 0 Å². The number of hydrogen-bond acceptors (Lipinski definition) is 5. The molecule has 0 aromatic heterocycles. The number of halogens is 1. The lowest BCUT2D eigenvalue weighted by atomic mass is 10.1. The first kappa shape index (κ1) is 25.8. The van der Waals surface area contributed by atoms with Crippen LogP contribution in [0.5, 0.6) is 0 Å². The highest BCUT2D eigenvalue weighted by atomic mass is 35.5. The van der Waals surface area contributed by atoms with Crippen molar-refractivity contribution in [1.82, 2.24) is 10.4 Å². The van der Waals surface area contributed by atoms with Crippen LogP contribution in [-0.4, -0.2) is 32.1 Å². The van der Waals surface area contributed by atoms with E-state index in [0.29, 0.717) is 37.2 Å². The fourth-order valence-corrected chi connectivity index (χ4v) is 3.80.